The van der Waals surface area contributed by atoms with Crippen molar-refractivity contribution in [1.82, 2.24) is 0 Å². The lowest BCUT2D eigenvalue weighted by Crippen LogP contribution is -2.07. The summed E-state index contributed by atoms with van der Waals surface area (Å²) in [4.78, 5) is 11.8. The zero-order valence-electron chi connectivity index (χ0n) is 8.46. The first-order valence-electron chi connectivity index (χ1n) is 4.62. The number of rotatable bonds is 2. The van der Waals surface area contributed by atoms with Gasteiger partial charge in [-0.2, -0.15) is 11.3 Å². The minimum Gasteiger partial charge on any atom is -0.288 e. The summed E-state index contributed by atoms with van der Waals surface area (Å²) in [7, 11) is 0. The van der Waals surface area contributed by atoms with Gasteiger partial charge in [0.15, 0.2) is 5.78 Å². The summed E-state index contributed by atoms with van der Waals surface area (Å²) >= 11 is 1.31. The van der Waals surface area contributed by atoms with Crippen LogP contribution < -0.4 is 0 Å². The van der Waals surface area contributed by atoms with Crippen LogP contribution >= 0.6 is 11.3 Å². The zero-order valence-corrected chi connectivity index (χ0v) is 9.28. The van der Waals surface area contributed by atoms with E-state index in [0.29, 0.717) is 5.56 Å². The van der Waals surface area contributed by atoms with Gasteiger partial charge >= 0.3 is 0 Å². The molecular formula is C12H8F2OS. The Kier molecular flexibility index (Phi) is 2.83. The van der Waals surface area contributed by atoms with Gasteiger partial charge in [-0.15, -0.1) is 0 Å². The van der Waals surface area contributed by atoms with Gasteiger partial charge in [0.2, 0.25) is 0 Å². The molecule has 1 aromatic heterocycles. The van der Waals surface area contributed by atoms with E-state index in [1.54, 1.807) is 16.8 Å². The molecule has 0 aliphatic carbocycles. The van der Waals surface area contributed by atoms with Crippen molar-refractivity contribution in [1.29, 1.82) is 0 Å². The predicted octanol–water partition coefficient (Wildman–Crippen LogP) is 3.57. The highest BCUT2D eigenvalue weighted by atomic mass is 32.1. The number of halogens is 2. The molecule has 82 valence electrons. The molecule has 16 heavy (non-hydrogen) atoms. The summed E-state index contributed by atoms with van der Waals surface area (Å²) in [5.41, 5.74) is 0.103. The number of hydrogen-bond acceptors (Lipinski definition) is 2. The molecule has 0 aliphatic rings. The van der Waals surface area contributed by atoms with Crippen molar-refractivity contribution in [2.45, 2.75) is 6.92 Å². The number of ketones is 1. The smallest absolute Gasteiger partial charge is 0.199 e. The van der Waals surface area contributed by atoms with Crippen molar-refractivity contribution in [2.24, 2.45) is 0 Å². The van der Waals surface area contributed by atoms with Crippen LogP contribution in [0.4, 0.5) is 8.78 Å². The molecule has 0 amide bonds. The monoisotopic (exact) mass is 238 g/mol. The number of benzene rings is 1. The second-order valence-corrected chi connectivity index (χ2v) is 4.17. The van der Waals surface area contributed by atoms with Crippen LogP contribution in [0.25, 0.3) is 0 Å². The predicted molar refractivity (Wildman–Crippen MR) is 58.8 cm³/mol. The van der Waals surface area contributed by atoms with E-state index in [1.165, 1.54) is 24.3 Å². The maximum absolute atomic E-state index is 13.6. The lowest BCUT2D eigenvalue weighted by molar-refractivity contribution is 0.103. The third kappa shape index (κ3) is 1.76. The van der Waals surface area contributed by atoms with Crippen LogP contribution in [0.1, 0.15) is 21.5 Å². The average molecular weight is 238 g/mol. The van der Waals surface area contributed by atoms with Crippen molar-refractivity contribution < 1.29 is 13.6 Å². The Labute approximate surface area is 95.4 Å². The van der Waals surface area contributed by atoms with E-state index in [9.17, 15) is 13.6 Å². The SMILES string of the molecule is Cc1ccc(F)c(C(=O)c2ccsc2)c1F. The van der Waals surface area contributed by atoms with Gasteiger partial charge in [-0.3, -0.25) is 4.79 Å². The maximum atomic E-state index is 13.6. The first-order valence-corrected chi connectivity index (χ1v) is 5.57. The first kappa shape index (κ1) is 11.0. The first-order chi connectivity index (χ1) is 7.61. The summed E-state index contributed by atoms with van der Waals surface area (Å²) < 4.78 is 27.1. The highest BCUT2D eigenvalue weighted by Crippen LogP contribution is 2.21. The summed E-state index contributed by atoms with van der Waals surface area (Å²) in [6, 6.07) is 3.97. The lowest BCUT2D eigenvalue weighted by atomic mass is 10.0. The zero-order chi connectivity index (χ0) is 11.7. The topological polar surface area (TPSA) is 17.1 Å². The van der Waals surface area contributed by atoms with Gasteiger partial charge in [-0.25, -0.2) is 8.78 Å². The Bertz CT molecular complexity index is 532. The largest absolute Gasteiger partial charge is 0.288 e. The number of aryl methyl sites for hydroxylation is 1. The quantitative estimate of drug-likeness (QED) is 0.731. The van der Waals surface area contributed by atoms with Gasteiger partial charge in [0.05, 0.1) is 5.56 Å². The van der Waals surface area contributed by atoms with Gasteiger partial charge < -0.3 is 0 Å². The number of carbonyl (C=O) groups excluding carboxylic acids is 1. The number of hydrogen-bond donors (Lipinski definition) is 0. The van der Waals surface area contributed by atoms with Crippen molar-refractivity contribution >= 4 is 17.1 Å². The molecule has 2 aromatic rings. The molecule has 0 unspecified atom stereocenters. The highest BCUT2D eigenvalue weighted by molar-refractivity contribution is 7.08. The summed E-state index contributed by atoms with van der Waals surface area (Å²) in [5, 5.41) is 3.27. The van der Waals surface area contributed by atoms with Crippen molar-refractivity contribution in [2.75, 3.05) is 0 Å². The third-order valence-electron chi connectivity index (χ3n) is 2.29. The summed E-state index contributed by atoms with van der Waals surface area (Å²) in [5.74, 6) is -2.21. The average Bonchev–Trinajstić information content (AvgIpc) is 2.77. The number of carbonyl (C=O) groups is 1. The van der Waals surface area contributed by atoms with Gasteiger partial charge in [-0.05, 0) is 30.0 Å². The fraction of sp³-hybridized carbons (Fsp3) is 0.0833. The maximum Gasteiger partial charge on any atom is 0.199 e. The van der Waals surface area contributed by atoms with E-state index in [-0.39, 0.29) is 5.56 Å². The molecule has 0 atom stereocenters. The normalized spacial score (nSPS) is 10.4. The van der Waals surface area contributed by atoms with Gasteiger partial charge in [0.25, 0.3) is 0 Å². The third-order valence-corrected chi connectivity index (χ3v) is 2.98. The fourth-order valence-corrected chi connectivity index (χ4v) is 2.04. The van der Waals surface area contributed by atoms with E-state index in [4.69, 9.17) is 0 Å². The Morgan fingerprint density at radius 2 is 2.00 bits per heavy atom. The molecule has 1 nitrogen and oxygen atoms in total. The fourth-order valence-electron chi connectivity index (χ4n) is 1.40. The van der Waals surface area contributed by atoms with E-state index in [2.05, 4.69) is 0 Å². The molecule has 0 bridgehead atoms. The lowest BCUT2D eigenvalue weighted by Gasteiger charge is -2.04. The number of thiophene rings is 1. The minimum atomic E-state index is -0.820. The standard InChI is InChI=1S/C12H8F2OS/c1-7-2-3-9(13)10(11(7)14)12(15)8-4-5-16-6-8/h2-6H,1H3. The Balaban J connectivity index is 2.56. The van der Waals surface area contributed by atoms with E-state index in [0.717, 1.165) is 6.07 Å². The second kappa shape index (κ2) is 4.14. The molecule has 1 heterocycles. The van der Waals surface area contributed by atoms with E-state index >= 15 is 0 Å². The molecule has 0 saturated carbocycles. The van der Waals surface area contributed by atoms with Gasteiger partial charge in [0, 0.05) is 10.9 Å². The van der Waals surface area contributed by atoms with Crippen molar-refractivity contribution in [3.8, 4) is 0 Å². The Morgan fingerprint density at radius 1 is 1.25 bits per heavy atom. The second-order valence-electron chi connectivity index (χ2n) is 3.39. The molecule has 0 radical (unpaired) electrons. The molecule has 0 fully saturated rings. The Hall–Kier alpha value is -1.55. The van der Waals surface area contributed by atoms with Crippen LogP contribution in [0.3, 0.4) is 0 Å². The van der Waals surface area contributed by atoms with Crippen LogP contribution in [-0.2, 0) is 0 Å². The molecular weight excluding hydrogens is 230 g/mol. The highest BCUT2D eigenvalue weighted by Gasteiger charge is 2.20. The van der Waals surface area contributed by atoms with Crippen LogP contribution in [-0.4, -0.2) is 5.78 Å². The molecule has 2 rings (SSSR count). The van der Waals surface area contributed by atoms with Crippen LogP contribution in [0.2, 0.25) is 0 Å². The minimum absolute atomic E-state index is 0.264. The van der Waals surface area contributed by atoms with Crippen LogP contribution in [0.15, 0.2) is 29.0 Å². The Morgan fingerprint density at radius 3 is 2.62 bits per heavy atom. The van der Waals surface area contributed by atoms with Crippen molar-refractivity contribution in [3.05, 3.63) is 57.3 Å². The summed E-state index contributed by atoms with van der Waals surface area (Å²) in [6.07, 6.45) is 0. The van der Waals surface area contributed by atoms with Gasteiger partial charge in [-0.1, -0.05) is 6.07 Å². The molecule has 0 saturated heterocycles. The van der Waals surface area contributed by atoms with Crippen LogP contribution in [0.5, 0.6) is 0 Å². The summed E-state index contributed by atoms with van der Waals surface area (Å²) in [6.45, 7) is 1.50. The molecule has 0 aliphatic heterocycles. The van der Waals surface area contributed by atoms with Gasteiger partial charge in [0.1, 0.15) is 11.6 Å². The van der Waals surface area contributed by atoms with E-state index in [1.807, 2.05) is 0 Å². The van der Waals surface area contributed by atoms with Crippen molar-refractivity contribution in [3.63, 3.8) is 0 Å². The molecule has 0 spiro atoms. The van der Waals surface area contributed by atoms with Crippen LogP contribution in [0, 0.1) is 18.6 Å². The molecule has 1 aromatic carbocycles. The molecule has 4 heteroatoms. The van der Waals surface area contributed by atoms with E-state index < -0.39 is 23.0 Å². The molecule has 0 N–H and O–H groups in total.